The van der Waals surface area contributed by atoms with Crippen LogP contribution >= 0.6 is 11.3 Å². The second-order valence-corrected chi connectivity index (χ2v) is 10.2. The summed E-state index contributed by atoms with van der Waals surface area (Å²) in [5.74, 6) is 2.09. The van der Waals surface area contributed by atoms with Crippen LogP contribution in [-0.4, -0.2) is 16.9 Å². The van der Waals surface area contributed by atoms with Crippen LogP contribution in [0.5, 0.6) is 11.5 Å². The Morgan fingerprint density at radius 1 is 0.850 bits per heavy atom. The zero-order valence-corrected chi connectivity index (χ0v) is 24.6. The van der Waals surface area contributed by atoms with Gasteiger partial charge in [0, 0.05) is 49.1 Å². The van der Waals surface area contributed by atoms with E-state index in [0.29, 0.717) is 11.5 Å². The molecule has 0 unspecified atom stereocenters. The van der Waals surface area contributed by atoms with E-state index in [0.717, 1.165) is 33.0 Å². The minimum absolute atomic E-state index is 0. The predicted molar refractivity (Wildman–Crippen MR) is 160 cm³/mol. The number of hydrogen-bond donors (Lipinski definition) is 0. The third-order valence-electron chi connectivity index (χ3n) is 6.51. The number of anilines is 4. The number of thiophene rings is 1. The molecule has 0 atom stereocenters. The fourth-order valence-corrected chi connectivity index (χ4v) is 5.84. The van der Waals surface area contributed by atoms with Crippen LogP contribution < -0.4 is 14.5 Å². The van der Waals surface area contributed by atoms with E-state index >= 15 is 0 Å². The van der Waals surface area contributed by atoms with Crippen molar-refractivity contribution in [3.63, 3.8) is 0 Å². The standard InChI is InChI=1S/C33H23N4OS.Pt/c1-35-18-19-36(23-35)26-21-29-28-14-5-6-15-31(28)39-33(29)30(22-26)38-27-13-9-12-25(20-27)37(24-10-3-2-4-11-24)32-16-7-8-17-34-32;/h2-19,21,23H,1H3;/q-3;. The summed E-state index contributed by atoms with van der Waals surface area (Å²) in [6.07, 6.45) is 5.83. The van der Waals surface area contributed by atoms with Crippen molar-refractivity contribution in [1.82, 2.24) is 9.88 Å². The van der Waals surface area contributed by atoms with Crippen LogP contribution in [0.2, 0.25) is 0 Å². The first-order valence-electron chi connectivity index (χ1n) is 12.6. The van der Waals surface area contributed by atoms with Gasteiger partial charge in [-0.15, -0.1) is 41.4 Å². The molecule has 40 heavy (non-hydrogen) atoms. The van der Waals surface area contributed by atoms with Crippen LogP contribution in [0.15, 0.2) is 116 Å². The molecule has 0 bridgehead atoms. The fraction of sp³-hybridized carbons (Fsp3) is 0.0303. The van der Waals surface area contributed by atoms with Gasteiger partial charge in [0.1, 0.15) is 5.82 Å². The second-order valence-electron chi connectivity index (χ2n) is 9.17. The van der Waals surface area contributed by atoms with Crippen molar-refractivity contribution in [2.45, 2.75) is 0 Å². The molecule has 0 N–H and O–H groups in total. The SMILES string of the molecule is CN1C=CN(c2[c-]c(Oc3[c-]c(N(c4ccccc4)c4ccccn4)ccc3)c3sc4ccccc4c3c2)[CH-]1.[Pt]. The molecule has 6 aromatic rings. The Hall–Kier alpha value is -4.12. The summed E-state index contributed by atoms with van der Waals surface area (Å²) < 4.78 is 8.85. The van der Waals surface area contributed by atoms with Gasteiger partial charge in [-0.05, 0) is 59.9 Å². The van der Waals surface area contributed by atoms with Crippen LogP contribution in [0, 0.1) is 18.8 Å². The normalized spacial score (nSPS) is 12.6. The number of pyridine rings is 1. The van der Waals surface area contributed by atoms with E-state index in [1.807, 2.05) is 85.6 Å². The van der Waals surface area contributed by atoms with Gasteiger partial charge in [0.25, 0.3) is 0 Å². The van der Waals surface area contributed by atoms with E-state index in [4.69, 9.17) is 4.74 Å². The Kier molecular flexibility index (Phi) is 7.29. The van der Waals surface area contributed by atoms with Gasteiger partial charge >= 0.3 is 0 Å². The molecule has 2 aromatic heterocycles. The molecule has 0 saturated heterocycles. The molecule has 0 radical (unpaired) electrons. The number of aromatic nitrogens is 1. The van der Waals surface area contributed by atoms with Crippen LogP contribution in [0.3, 0.4) is 0 Å². The smallest absolute Gasteiger partial charge is 0.135 e. The summed E-state index contributed by atoms with van der Waals surface area (Å²) in [4.78, 5) is 10.7. The van der Waals surface area contributed by atoms with E-state index in [9.17, 15) is 0 Å². The first-order chi connectivity index (χ1) is 19.2. The number of ether oxygens (including phenoxy) is 1. The van der Waals surface area contributed by atoms with Crippen LogP contribution in [0.4, 0.5) is 22.9 Å². The van der Waals surface area contributed by atoms with E-state index in [2.05, 4.69) is 69.4 Å². The Morgan fingerprint density at radius 2 is 1.68 bits per heavy atom. The minimum Gasteiger partial charge on any atom is -0.510 e. The molecule has 1 aliphatic heterocycles. The van der Waals surface area contributed by atoms with Gasteiger partial charge in [0.05, 0.1) is 0 Å². The molecule has 0 aliphatic carbocycles. The van der Waals surface area contributed by atoms with Crippen molar-refractivity contribution in [2.75, 3.05) is 16.8 Å². The molecule has 3 heterocycles. The Bertz CT molecular complexity index is 1770. The summed E-state index contributed by atoms with van der Waals surface area (Å²) in [6.45, 7) is 2.02. The summed E-state index contributed by atoms with van der Waals surface area (Å²) in [5, 5.41) is 2.35. The quantitative estimate of drug-likeness (QED) is 0.161. The van der Waals surface area contributed by atoms with Gasteiger partial charge in [-0.2, -0.15) is 12.7 Å². The predicted octanol–water partition coefficient (Wildman–Crippen LogP) is 8.65. The third-order valence-corrected chi connectivity index (χ3v) is 7.69. The molecule has 4 aromatic carbocycles. The molecule has 0 amide bonds. The van der Waals surface area contributed by atoms with E-state index in [-0.39, 0.29) is 21.1 Å². The topological polar surface area (TPSA) is 31.8 Å². The first-order valence-corrected chi connectivity index (χ1v) is 13.4. The zero-order chi connectivity index (χ0) is 26.2. The van der Waals surface area contributed by atoms with Gasteiger partial charge in [-0.1, -0.05) is 48.2 Å². The van der Waals surface area contributed by atoms with Gasteiger partial charge in [-0.3, -0.25) is 0 Å². The number of fused-ring (bicyclic) bond motifs is 3. The fourth-order valence-electron chi connectivity index (χ4n) is 4.72. The van der Waals surface area contributed by atoms with Crippen molar-refractivity contribution in [2.24, 2.45) is 0 Å². The van der Waals surface area contributed by atoms with Gasteiger partial charge < -0.3 is 19.4 Å². The van der Waals surface area contributed by atoms with Gasteiger partial charge in [-0.25, -0.2) is 16.3 Å². The monoisotopic (exact) mass is 718 g/mol. The first kappa shape index (κ1) is 26.1. The average molecular weight is 719 g/mol. The van der Waals surface area contributed by atoms with Gasteiger partial charge in [0.2, 0.25) is 0 Å². The maximum absolute atomic E-state index is 6.58. The summed E-state index contributed by atoms with van der Waals surface area (Å²) in [7, 11) is 2.01. The number of benzene rings is 4. The molecule has 7 heteroatoms. The summed E-state index contributed by atoms with van der Waals surface area (Å²) in [6, 6.07) is 39.6. The van der Waals surface area contributed by atoms with Crippen molar-refractivity contribution in [1.29, 1.82) is 0 Å². The van der Waals surface area contributed by atoms with Crippen LogP contribution in [-0.2, 0) is 21.1 Å². The number of rotatable bonds is 6. The average Bonchev–Trinajstić information content (AvgIpc) is 3.58. The van der Waals surface area contributed by atoms with Crippen molar-refractivity contribution in [3.8, 4) is 11.5 Å². The molecular formula is C33H23N4OPtS-3. The summed E-state index contributed by atoms with van der Waals surface area (Å²) >= 11 is 1.72. The molecule has 0 saturated carbocycles. The van der Waals surface area contributed by atoms with E-state index in [1.54, 1.807) is 17.5 Å². The Labute approximate surface area is 251 Å². The molecular weight excluding hydrogens is 696 g/mol. The summed E-state index contributed by atoms with van der Waals surface area (Å²) in [5.41, 5.74) is 2.74. The molecule has 200 valence electrons. The number of nitrogens with zero attached hydrogens (tertiary/aromatic N) is 4. The maximum Gasteiger partial charge on any atom is 0.135 e. The maximum atomic E-state index is 6.58. The molecule has 5 nitrogen and oxygen atoms in total. The molecule has 7 rings (SSSR count). The van der Waals surface area contributed by atoms with E-state index in [1.165, 1.54) is 10.1 Å². The third kappa shape index (κ3) is 4.97. The van der Waals surface area contributed by atoms with Crippen molar-refractivity contribution < 1.29 is 25.8 Å². The second kappa shape index (κ2) is 11.2. The van der Waals surface area contributed by atoms with E-state index < -0.39 is 0 Å². The largest absolute Gasteiger partial charge is 0.510 e. The molecule has 0 spiro atoms. The van der Waals surface area contributed by atoms with Gasteiger partial charge in [0.15, 0.2) is 0 Å². The Morgan fingerprint density at radius 3 is 2.48 bits per heavy atom. The molecule has 0 fully saturated rings. The molecule has 1 aliphatic rings. The van der Waals surface area contributed by atoms with Crippen molar-refractivity contribution in [3.05, 3.63) is 134 Å². The minimum atomic E-state index is 0. The Balaban J connectivity index is 0.00000289. The van der Waals surface area contributed by atoms with Crippen LogP contribution in [0.25, 0.3) is 20.2 Å². The van der Waals surface area contributed by atoms with Crippen LogP contribution in [0.1, 0.15) is 0 Å². The number of hydrogen-bond acceptors (Lipinski definition) is 6. The zero-order valence-electron chi connectivity index (χ0n) is 21.5. The number of para-hydroxylation sites is 1. The van der Waals surface area contributed by atoms with Crippen molar-refractivity contribution >= 4 is 54.4 Å².